The first-order chi connectivity index (χ1) is 9.15. The first kappa shape index (κ1) is 12.5. The Hall–Kier alpha value is -1.54. The molecule has 1 heterocycles. The van der Waals surface area contributed by atoms with E-state index in [1.165, 1.54) is 22.5 Å². The fourth-order valence-electron chi connectivity index (χ4n) is 3.40. The molecule has 0 saturated heterocycles. The molecule has 98 valence electrons. The molecule has 1 aliphatic rings. The van der Waals surface area contributed by atoms with Crippen molar-refractivity contribution in [2.45, 2.75) is 27.3 Å². The zero-order chi connectivity index (χ0) is 13.6. The third kappa shape index (κ3) is 1.74. The van der Waals surface area contributed by atoms with E-state index in [2.05, 4.69) is 68.6 Å². The fraction of sp³-hybridized carbons (Fsp3) is 0.294. The summed E-state index contributed by atoms with van der Waals surface area (Å²) in [7, 11) is -1.04. The van der Waals surface area contributed by atoms with Gasteiger partial charge in [-0.2, -0.15) is 0 Å². The molecule has 2 aromatic carbocycles. The van der Waals surface area contributed by atoms with Gasteiger partial charge in [-0.1, -0.05) is 42.9 Å². The second kappa shape index (κ2) is 4.53. The molecule has 1 aliphatic heterocycles. The number of benzene rings is 2. The summed E-state index contributed by atoms with van der Waals surface area (Å²) in [6.07, 6.45) is 0. The highest BCUT2D eigenvalue weighted by molar-refractivity contribution is 6.87. The lowest BCUT2D eigenvalue weighted by molar-refractivity contribution is 1.01. The zero-order valence-corrected chi connectivity index (χ0v) is 13.4. The maximum Gasteiger partial charge on any atom is 0.105 e. The average molecular weight is 267 g/mol. The van der Waals surface area contributed by atoms with Gasteiger partial charge < -0.3 is 4.90 Å². The van der Waals surface area contributed by atoms with Crippen LogP contribution >= 0.6 is 0 Å². The molecule has 0 amide bonds. The Morgan fingerprint density at radius 1 is 0.895 bits per heavy atom. The summed E-state index contributed by atoms with van der Waals surface area (Å²) in [6.45, 7) is 10.2. The SMILES string of the molecule is CCN1c2c(C)cccc2[SiH](C)c2cccc(C)c21. The quantitative estimate of drug-likeness (QED) is 0.718. The molecular weight excluding hydrogens is 246 g/mol. The monoisotopic (exact) mass is 267 g/mol. The Morgan fingerprint density at radius 3 is 1.79 bits per heavy atom. The molecule has 0 atom stereocenters. The van der Waals surface area contributed by atoms with Crippen molar-refractivity contribution >= 4 is 30.5 Å². The molecule has 0 bridgehead atoms. The number of aryl methyl sites for hydroxylation is 2. The second-order valence-corrected chi connectivity index (χ2v) is 8.18. The minimum atomic E-state index is -1.04. The molecule has 0 N–H and O–H groups in total. The first-order valence-corrected chi connectivity index (χ1v) is 9.42. The van der Waals surface area contributed by atoms with Gasteiger partial charge in [-0.15, -0.1) is 0 Å². The van der Waals surface area contributed by atoms with Crippen LogP contribution in [0.1, 0.15) is 18.1 Å². The normalized spacial score (nSPS) is 14.2. The summed E-state index contributed by atoms with van der Waals surface area (Å²) in [5.41, 5.74) is 5.78. The molecule has 0 fully saturated rings. The van der Waals surface area contributed by atoms with Gasteiger partial charge in [0.05, 0.1) is 0 Å². The Bertz CT molecular complexity index is 580. The van der Waals surface area contributed by atoms with Gasteiger partial charge in [-0.3, -0.25) is 0 Å². The Balaban J connectivity index is 2.33. The van der Waals surface area contributed by atoms with E-state index in [1.807, 2.05) is 0 Å². The molecular formula is C17H21NSi. The molecule has 0 aliphatic carbocycles. The first-order valence-electron chi connectivity index (χ1n) is 7.11. The van der Waals surface area contributed by atoms with Gasteiger partial charge in [0.2, 0.25) is 0 Å². The highest BCUT2D eigenvalue weighted by Gasteiger charge is 2.29. The standard InChI is InChI=1S/C17H21NSi/c1-5-18-16-12(2)8-6-10-14(16)19(4)15-11-7-9-13(3)17(15)18/h6-11,19H,5H2,1-4H3. The van der Waals surface area contributed by atoms with Crippen molar-refractivity contribution in [3.05, 3.63) is 47.5 Å². The maximum absolute atomic E-state index is 2.52. The van der Waals surface area contributed by atoms with Gasteiger partial charge in [0.1, 0.15) is 8.80 Å². The van der Waals surface area contributed by atoms with Crippen molar-refractivity contribution < 1.29 is 0 Å². The van der Waals surface area contributed by atoms with Crippen LogP contribution in [-0.4, -0.2) is 15.3 Å². The molecule has 1 nitrogen and oxygen atoms in total. The zero-order valence-electron chi connectivity index (χ0n) is 12.2. The van der Waals surface area contributed by atoms with E-state index in [1.54, 1.807) is 10.4 Å². The van der Waals surface area contributed by atoms with Crippen LogP contribution in [0.5, 0.6) is 0 Å². The summed E-state index contributed by atoms with van der Waals surface area (Å²) in [4.78, 5) is 2.52. The van der Waals surface area contributed by atoms with E-state index in [0.717, 1.165) is 6.54 Å². The van der Waals surface area contributed by atoms with E-state index in [0.29, 0.717) is 0 Å². The van der Waals surface area contributed by atoms with Crippen LogP contribution in [0.2, 0.25) is 6.55 Å². The molecule has 0 aromatic heterocycles. The van der Waals surface area contributed by atoms with Crippen molar-refractivity contribution in [2.75, 3.05) is 11.4 Å². The van der Waals surface area contributed by atoms with Crippen molar-refractivity contribution in [1.29, 1.82) is 0 Å². The van der Waals surface area contributed by atoms with Gasteiger partial charge in [0, 0.05) is 17.9 Å². The van der Waals surface area contributed by atoms with Crippen LogP contribution in [-0.2, 0) is 0 Å². The minimum absolute atomic E-state index is 1.04. The Morgan fingerprint density at radius 2 is 1.37 bits per heavy atom. The number of para-hydroxylation sites is 2. The number of hydrogen-bond acceptors (Lipinski definition) is 1. The largest absolute Gasteiger partial charge is 0.342 e. The minimum Gasteiger partial charge on any atom is -0.342 e. The molecule has 0 radical (unpaired) electrons. The van der Waals surface area contributed by atoms with E-state index < -0.39 is 8.80 Å². The van der Waals surface area contributed by atoms with Gasteiger partial charge in [0.15, 0.2) is 0 Å². The highest BCUT2D eigenvalue weighted by atomic mass is 28.3. The average Bonchev–Trinajstić information content (AvgIpc) is 2.41. The van der Waals surface area contributed by atoms with Crippen molar-refractivity contribution in [1.82, 2.24) is 0 Å². The van der Waals surface area contributed by atoms with E-state index in [9.17, 15) is 0 Å². The summed E-state index contributed by atoms with van der Waals surface area (Å²) >= 11 is 0. The Kier molecular flexibility index (Phi) is 2.98. The number of hydrogen-bond donors (Lipinski definition) is 0. The smallest absolute Gasteiger partial charge is 0.105 e. The van der Waals surface area contributed by atoms with Gasteiger partial charge >= 0.3 is 0 Å². The molecule has 0 saturated carbocycles. The van der Waals surface area contributed by atoms with Gasteiger partial charge in [0.25, 0.3) is 0 Å². The van der Waals surface area contributed by atoms with Crippen molar-refractivity contribution in [3.8, 4) is 0 Å². The molecule has 0 unspecified atom stereocenters. The van der Waals surface area contributed by atoms with Gasteiger partial charge in [-0.05, 0) is 42.3 Å². The van der Waals surface area contributed by atoms with E-state index >= 15 is 0 Å². The van der Waals surface area contributed by atoms with Crippen molar-refractivity contribution in [3.63, 3.8) is 0 Å². The van der Waals surface area contributed by atoms with Crippen LogP contribution in [0.4, 0.5) is 11.4 Å². The van der Waals surface area contributed by atoms with Crippen LogP contribution < -0.4 is 15.3 Å². The Labute approximate surface area is 117 Å². The van der Waals surface area contributed by atoms with Gasteiger partial charge in [-0.25, -0.2) is 0 Å². The molecule has 19 heavy (non-hydrogen) atoms. The third-order valence-electron chi connectivity index (χ3n) is 4.33. The molecule has 2 aromatic rings. The summed E-state index contributed by atoms with van der Waals surface area (Å²) in [6, 6.07) is 13.6. The summed E-state index contributed by atoms with van der Waals surface area (Å²) < 4.78 is 0. The second-order valence-electron chi connectivity index (χ2n) is 5.49. The van der Waals surface area contributed by atoms with E-state index in [4.69, 9.17) is 0 Å². The maximum atomic E-state index is 2.52. The third-order valence-corrected chi connectivity index (χ3v) is 7.12. The molecule has 2 heteroatoms. The lowest BCUT2D eigenvalue weighted by Gasteiger charge is -2.37. The van der Waals surface area contributed by atoms with Crippen LogP contribution in [0.15, 0.2) is 36.4 Å². The topological polar surface area (TPSA) is 3.24 Å². The lowest BCUT2D eigenvalue weighted by Crippen LogP contribution is -2.49. The number of fused-ring (bicyclic) bond motifs is 2. The molecule has 0 spiro atoms. The predicted octanol–water partition coefficient (Wildman–Crippen LogP) is 2.75. The molecule has 3 rings (SSSR count). The van der Waals surface area contributed by atoms with Crippen LogP contribution in [0.25, 0.3) is 0 Å². The number of nitrogens with zero attached hydrogens (tertiary/aromatic N) is 1. The predicted molar refractivity (Wildman–Crippen MR) is 87.3 cm³/mol. The lowest BCUT2D eigenvalue weighted by atomic mass is 10.1. The van der Waals surface area contributed by atoms with Crippen molar-refractivity contribution in [2.24, 2.45) is 0 Å². The number of anilines is 2. The summed E-state index contributed by atoms with van der Waals surface area (Å²) in [5, 5.41) is 3.19. The van der Waals surface area contributed by atoms with Crippen LogP contribution in [0, 0.1) is 13.8 Å². The van der Waals surface area contributed by atoms with E-state index in [-0.39, 0.29) is 0 Å². The fourth-order valence-corrected chi connectivity index (χ4v) is 6.12. The number of rotatable bonds is 1. The summed E-state index contributed by atoms with van der Waals surface area (Å²) in [5.74, 6) is 0. The highest BCUT2D eigenvalue weighted by Crippen LogP contribution is 2.32. The van der Waals surface area contributed by atoms with Crippen LogP contribution in [0.3, 0.4) is 0 Å².